The highest BCUT2D eigenvalue weighted by molar-refractivity contribution is 6.07. The lowest BCUT2D eigenvalue weighted by atomic mass is 9.67. The smallest absolute Gasteiger partial charge is 0.135 e. The van der Waals surface area contributed by atoms with Crippen LogP contribution in [0, 0.1) is 0 Å². The van der Waals surface area contributed by atoms with Crippen molar-refractivity contribution < 1.29 is 8.83 Å². The molecule has 69 heavy (non-hydrogen) atoms. The lowest BCUT2D eigenvalue weighted by molar-refractivity contribution is 0.668. The SMILES string of the molecule is c1ccc(C2(c3ccccc3)c3ccc(-c4cccc(-c5cccc(-c6ccc7oc8ccccc8c7c6)c5)c4)cc3-c3cc(-c4cccc(-c5ccc6oc7ccccc7c6c5)c4)ccc32)cc1. The molecule has 0 bridgehead atoms. The molecule has 0 amide bonds. The van der Waals surface area contributed by atoms with Gasteiger partial charge in [0.1, 0.15) is 22.3 Å². The Labute approximate surface area is 400 Å². The van der Waals surface area contributed by atoms with Crippen molar-refractivity contribution in [3.05, 3.63) is 277 Å². The molecule has 0 fully saturated rings. The summed E-state index contributed by atoms with van der Waals surface area (Å²) in [7, 11) is 0. The van der Waals surface area contributed by atoms with Gasteiger partial charge in [0.2, 0.25) is 0 Å². The number of furan rings is 2. The second-order valence-electron chi connectivity index (χ2n) is 18.4. The monoisotopic (exact) mass is 878 g/mol. The first-order valence-electron chi connectivity index (χ1n) is 23.7. The number of hydrogen-bond donors (Lipinski definition) is 0. The van der Waals surface area contributed by atoms with Crippen LogP contribution in [0.5, 0.6) is 0 Å². The van der Waals surface area contributed by atoms with Gasteiger partial charge in [0.25, 0.3) is 0 Å². The maximum Gasteiger partial charge on any atom is 0.135 e. The van der Waals surface area contributed by atoms with Crippen LogP contribution in [0.15, 0.2) is 264 Å². The highest BCUT2D eigenvalue weighted by Gasteiger charge is 2.46. The Morgan fingerprint density at radius 1 is 0.217 bits per heavy atom. The molecule has 14 rings (SSSR count). The summed E-state index contributed by atoms with van der Waals surface area (Å²) in [6.45, 7) is 0. The second-order valence-corrected chi connectivity index (χ2v) is 18.4. The molecular weight excluding hydrogens is 837 g/mol. The van der Waals surface area contributed by atoms with Crippen molar-refractivity contribution in [2.75, 3.05) is 0 Å². The van der Waals surface area contributed by atoms with Gasteiger partial charge in [-0.3, -0.25) is 0 Å². The van der Waals surface area contributed by atoms with Crippen LogP contribution in [-0.4, -0.2) is 0 Å². The molecule has 0 radical (unpaired) electrons. The highest BCUT2D eigenvalue weighted by Crippen LogP contribution is 2.57. The van der Waals surface area contributed by atoms with Gasteiger partial charge < -0.3 is 8.83 Å². The van der Waals surface area contributed by atoms with Gasteiger partial charge in [-0.05, 0) is 156 Å². The minimum Gasteiger partial charge on any atom is -0.456 e. The van der Waals surface area contributed by atoms with E-state index in [4.69, 9.17) is 8.83 Å². The molecule has 0 unspecified atom stereocenters. The van der Waals surface area contributed by atoms with E-state index in [0.717, 1.165) is 49.4 Å². The summed E-state index contributed by atoms with van der Waals surface area (Å²) in [4.78, 5) is 0. The van der Waals surface area contributed by atoms with Crippen molar-refractivity contribution >= 4 is 43.9 Å². The number of fused-ring (bicyclic) bond motifs is 9. The summed E-state index contributed by atoms with van der Waals surface area (Å²) in [5, 5.41) is 4.54. The third-order valence-electron chi connectivity index (χ3n) is 14.6. The van der Waals surface area contributed by atoms with Crippen molar-refractivity contribution in [2.24, 2.45) is 0 Å². The van der Waals surface area contributed by atoms with E-state index in [0.29, 0.717) is 0 Å². The molecule has 13 aromatic rings. The Kier molecular flexibility index (Phi) is 8.84. The predicted octanol–water partition coefficient (Wildman–Crippen LogP) is 18.2. The molecule has 0 spiro atoms. The number of rotatable bonds is 7. The van der Waals surface area contributed by atoms with Gasteiger partial charge in [-0.2, -0.15) is 0 Å². The van der Waals surface area contributed by atoms with Crippen LogP contribution in [0.2, 0.25) is 0 Å². The first-order valence-corrected chi connectivity index (χ1v) is 23.7. The summed E-state index contributed by atoms with van der Waals surface area (Å²) in [5.41, 5.74) is 22.5. The van der Waals surface area contributed by atoms with E-state index < -0.39 is 5.41 Å². The average molecular weight is 879 g/mol. The van der Waals surface area contributed by atoms with Crippen molar-refractivity contribution in [2.45, 2.75) is 5.41 Å². The van der Waals surface area contributed by atoms with Crippen molar-refractivity contribution in [1.29, 1.82) is 0 Å². The molecule has 1 aliphatic rings. The van der Waals surface area contributed by atoms with Crippen LogP contribution in [0.1, 0.15) is 22.3 Å². The highest BCUT2D eigenvalue weighted by atomic mass is 16.3. The molecule has 0 aliphatic heterocycles. The zero-order valence-corrected chi connectivity index (χ0v) is 37.6. The van der Waals surface area contributed by atoms with Crippen LogP contribution in [0.4, 0.5) is 0 Å². The molecule has 322 valence electrons. The molecule has 2 heterocycles. The molecule has 2 heteroatoms. The number of hydrogen-bond acceptors (Lipinski definition) is 2. The van der Waals surface area contributed by atoms with Crippen molar-refractivity contribution in [1.82, 2.24) is 0 Å². The van der Waals surface area contributed by atoms with Crippen LogP contribution in [-0.2, 0) is 5.41 Å². The maximum atomic E-state index is 6.19. The largest absolute Gasteiger partial charge is 0.456 e. The van der Waals surface area contributed by atoms with Crippen LogP contribution in [0.3, 0.4) is 0 Å². The zero-order chi connectivity index (χ0) is 45.5. The van der Waals surface area contributed by atoms with E-state index in [1.807, 2.05) is 24.3 Å². The molecule has 0 N–H and O–H groups in total. The van der Waals surface area contributed by atoms with Crippen LogP contribution < -0.4 is 0 Å². The molecule has 0 saturated carbocycles. The lowest BCUT2D eigenvalue weighted by Gasteiger charge is -2.34. The van der Waals surface area contributed by atoms with E-state index >= 15 is 0 Å². The summed E-state index contributed by atoms with van der Waals surface area (Å²) in [6, 6.07) is 92.9. The first kappa shape index (κ1) is 39.2. The topological polar surface area (TPSA) is 26.3 Å². The Morgan fingerprint density at radius 3 is 0.942 bits per heavy atom. The van der Waals surface area contributed by atoms with Gasteiger partial charge >= 0.3 is 0 Å². The zero-order valence-electron chi connectivity index (χ0n) is 37.6. The standard InChI is InChI=1S/C67H42O2/c1-3-20-53(21-4-1)67(54-22-5-2-6-23-54)61-32-28-49(45-16-11-14-43(36-45)44-15-12-18-47(37-44)51-30-34-65-59(41-51)55-24-7-9-26-63(55)68-65)39-57(61)58-40-50(29-33-62(58)67)46-17-13-19-48(38-46)52-31-35-66-60(42-52)56-25-8-10-27-64(56)69-66/h1-42H. The molecule has 11 aromatic carbocycles. The van der Waals surface area contributed by atoms with E-state index in [1.165, 1.54) is 83.5 Å². The van der Waals surface area contributed by atoms with Crippen LogP contribution >= 0.6 is 0 Å². The fourth-order valence-corrected chi connectivity index (χ4v) is 11.3. The molecule has 2 aromatic heterocycles. The summed E-state index contributed by atoms with van der Waals surface area (Å²) in [6.07, 6.45) is 0. The third kappa shape index (κ3) is 6.26. The summed E-state index contributed by atoms with van der Waals surface area (Å²) < 4.78 is 12.3. The fraction of sp³-hybridized carbons (Fsp3) is 0.0149. The van der Waals surface area contributed by atoms with Gasteiger partial charge in [-0.25, -0.2) is 0 Å². The normalized spacial score (nSPS) is 12.8. The van der Waals surface area contributed by atoms with E-state index in [-0.39, 0.29) is 0 Å². The molecular formula is C67H42O2. The Balaban J connectivity index is 0.889. The Hall–Kier alpha value is -8.98. The van der Waals surface area contributed by atoms with Gasteiger partial charge in [0.15, 0.2) is 0 Å². The number of benzene rings is 11. The van der Waals surface area contributed by atoms with Gasteiger partial charge in [0, 0.05) is 21.5 Å². The fourth-order valence-electron chi connectivity index (χ4n) is 11.3. The lowest BCUT2D eigenvalue weighted by Crippen LogP contribution is -2.28. The first-order chi connectivity index (χ1) is 34.2. The maximum absolute atomic E-state index is 6.19. The van der Waals surface area contributed by atoms with Gasteiger partial charge in [-0.15, -0.1) is 0 Å². The quantitative estimate of drug-likeness (QED) is 0.159. The molecule has 1 aliphatic carbocycles. The van der Waals surface area contributed by atoms with Gasteiger partial charge in [0.05, 0.1) is 5.41 Å². The van der Waals surface area contributed by atoms with E-state index in [1.54, 1.807) is 0 Å². The Bertz CT molecular complexity index is 4090. The predicted molar refractivity (Wildman–Crippen MR) is 285 cm³/mol. The summed E-state index contributed by atoms with van der Waals surface area (Å²) in [5.74, 6) is 0. The molecule has 0 saturated heterocycles. The van der Waals surface area contributed by atoms with Gasteiger partial charge in [-0.1, -0.05) is 188 Å². The second kappa shape index (κ2) is 15.6. The minimum atomic E-state index is -0.511. The average Bonchev–Trinajstić information content (AvgIpc) is 4.09. The minimum absolute atomic E-state index is 0.511. The van der Waals surface area contributed by atoms with Crippen molar-refractivity contribution in [3.8, 4) is 66.8 Å². The molecule has 0 atom stereocenters. The van der Waals surface area contributed by atoms with E-state index in [2.05, 4.69) is 231 Å². The van der Waals surface area contributed by atoms with Crippen LogP contribution in [0.25, 0.3) is 111 Å². The third-order valence-corrected chi connectivity index (χ3v) is 14.6. The Morgan fingerprint density at radius 2 is 0.536 bits per heavy atom. The summed E-state index contributed by atoms with van der Waals surface area (Å²) >= 11 is 0. The molecule has 2 nitrogen and oxygen atoms in total. The number of para-hydroxylation sites is 2. The van der Waals surface area contributed by atoms with E-state index in [9.17, 15) is 0 Å². The van der Waals surface area contributed by atoms with Crippen molar-refractivity contribution in [3.63, 3.8) is 0 Å².